The molecular formula is C16H10F6O2. The van der Waals surface area contributed by atoms with Gasteiger partial charge >= 0.3 is 12.4 Å². The van der Waals surface area contributed by atoms with Gasteiger partial charge in [-0.15, -0.1) is 0 Å². The van der Waals surface area contributed by atoms with Gasteiger partial charge in [-0.2, -0.15) is 26.3 Å². The Balaban J connectivity index is 2.75. The zero-order valence-electron chi connectivity index (χ0n) is 11.8. The fourth-order valence-corrected chi connectivity index (χ4v) is 2.27. The summed E-state index contributed by atoms with van der Waals surface area (Å²) >= 11 is 0. The number of rotatable bonds is 3. The van der Waals surface area contributed by atoms with Crippen LogP contribution in [0.2, 0.25) is 0 Å². The minimum atomic E-state index is -5.09. The summed E-state index contributed by atoms with van der Waals surface area (Å²) in [4.78, 5) is 10.8. The number of aliphatic hydroxyl groups excluding tert-OH is 1. The lowest BCUT2D eigenvalue weighted by Crippen LogP contribution is -2.21. The summed E-state index contributed by atoms with van der Waals surface area (Å²) < 4.78 is 77.8. The molecule has 0 bridgehead atoms. The molecule has 24 heavy (non-hydrogen) atoms. The first-order valence-corrected chi connectivity index (χ1v) is 6.56. The van der Waals surface area contributed by atoms with Crippen molar-refractivity contribution in [3.8, 4) is 11.1 Å². The van der Waals surface area contributed by atoms with Crippen LogP contribution in [0.15, 0.2) is 42.5 Å². The maximum atomic E-state index is 13.1. The molecule has 2 rings (SSSR count). The molecule has 0 saturated heterocycles. The third-order valence-corrected chi connectivity index (χ3v) is 3.34. The molecule has 128 valence electrons. The molecule has 8 heteroatoms. The maximum absolute atomic E-state index is 13.1. The lowest BCUT2D eigenvalue weighted by Gasteiger charge is -2.21. The Kier molecular flexibility index (Phi) is 4.70. The van der Waals surface area contributed by atoms with Crippen molar-refractivity contribution in [1.29, 1.82) is 0 Å². The molecule has 0 spiro atoms. The molecule has 0 radical (unpaired) electrons. The molecule has 0 aromatic heterocycles. The van der Waals surface area contributed by atoms with E-state index in [-0.39, 0.29) is 11.8 Å². The van der Waals surface area contributed by atoms with Crippen molar-refractivity contribution in [2.24, 2.45) is 0 Å². The van der Waals surface area contributed by atoms with Gasteiger partial charge in [0.1, 0.15) is 6.29 Å². The second kappa shape index (κ2) is 6.27. The van der Waals surface area contributed by atoms with Crippen LogP contribution in [0.5, 0.6) is 0 Å². The Morgan fingerprint density at radius 2 is 1.54 bits per heavy atom. The number of hydrogen-bond donors (Lipinski definition) is 1. The monoisotopic (exact) mass is 348 g/mol. The van der Waals surface area contributed by atoms with Crippen LogP contribution in [0, 0.1) is 0 Å². The highest BCUT2D eigenvalue weighted by Gasteiger charge is 2.41. The average Bonchev–Trinajstić information content (AvgIpc) is 2.52. The van der Waals surface area contributed by atoms with E-state index in [0.29, 0.717) is 0 Å². The van der Waals surface area contributed by atoms with Crippen molar-refractivity contribution in [2.75, 3.05) is 0 Å². The van der Waals surface area contributed by atoms with Gasteiger partial charge in [0, 0.05) is 5.56 Å². The van der Waals surface area contributed by atoms with Crippen molar-refractivity contribution in [3.63, 3.8) is 0 Å². The Hall–Kier alpha value is -2.35. The second-order valence-corrected chi connectivity index (χ2v) is 4.95. The minimum absolute atomic E-state index is 0.193. The maximum Gasteiger partial charge on any atom is 0.418 e. The molecule has 2 nitrogen and oxygen atoms in total. The molecule has 0 amide bonds. The van der Waals surface area contributed by atoms with Gasteiger partial charge in [0.15, 0.2) is 6.10 Å². The third-order valence-electron chi connectivity index (χ3n) is 3.34. The number of aliphatic hydroxyl groups is 1. The average molecular weight is 348 g/mol. The third kappa shape index (κ3) is 3.59. The van der Waals surface area contributed by atoms with Crippen LogP contribution in [-0.4, -0.2) is 17.6 Å². The van der Waals surface area contributed by atoms with Gasteiger partial charge in [-0.05, 0) is 28.8 Å². The highest BCUT2D eigenvalue weighted by atomic mass is 19.4. The molecular weight excluding hydrogens is 338 g/mol. The molecule has 1 N–H and O–H groups in total. The number of carbonyl (C=O) groups excluding carboxylic acids is 1. The first-order chi connectivity index (χ1) is 11.1. The molecule has 0 heterocycles. The fourth-order valence-electron chi connectivity index (χ4n) is 2.27. The summed E-state index contributed by atoms with van der Waals surface area (Å²) in [6, 6.07) is 6.85. The molecule has 0 aliphatic rings. The SMILES string of the molecule is O=Cc1ccc(-c2ccccc2C(F)(F)F)c(C(O)C(F)(F)F)c1. The zero-order chi connectivity index (χ0) is 18.1. The first kappa shape index (κ1) is 18.0. The number of hydrogen-bond acceptors (Lipinski definition) is 2. The van der Waals surface area contributed by atoms with Crippen LogP contribution in [0.4, 0.5) is 26.3 Å². The number of benzene rings is 2. The van der Waals surface area contributed by atoms with Crippen LogP contribution >= 0.6 is 0 Å². The fraction of sp³-hybridized carbons (Fsp3) is 0.188. The van der Waals surface area contributed by atoms with Gasteiger partial charge in [0.25, 0.3) is 0 Å². The summed E-state index contributed by atoms with van der Waals surface area (Å²) in [7, 11) is 0. The van der Waals surface area contributed by atoms with E-state index in [1.165, 1.54) is 6.07 Å². The van der Waals surface area contributed by atoms with E-state index >= 15 is 0 Å². The summed E-state index contributed by atoms with van der Waals surface area (Å²) in [6.45, 7) is 0. The molecule has 0 fully saturated rings. The lowest BCUT2D eigenvalue weighted by atomic mass is 9.91. The molecule has 1 unspecified atom stereocenters. The molecule has 0 aliphatic heterocycles. The second-order valence-electron chi connectivity index (χ2n) is 4.95. The largest absolute Gasteiger partial charge is 0.418 e. The Labute approximate surface area is 132 Å². The Bertz CT molecular complexity index is 749. The van der Waals surface area contributed by atoms with Gasteiger partial charge in [-0.1, -0.05) is 30.3 Å². The summed E-state index contributed by atoms with van der Waals surface area (Å²) in [5.41, 5.74) is -3.11. The van der Waals surface area contributed by atoms with Crippen LogP contribution < -0.4 is 0 Å². The molecule has 2 aromatic rings. The van der Waals surface area contributed by atoms with Crippen molar-refractivity contribution < 1.29 is 36.2 Å². The van der Waals surface area contributed by atoms with Gasteiger partial charge in [0.2, 0.25) is 0 Å². The van der Waals surface area contributed by atoms with Crippen LogP contribution in [-0.2, 0) is 6.18 Å². The van der Waals surface area contributed by atoms with Crippen molar-refractivity contribution >= 4 is 6.29 Å². The number of aldehydes is 1. The van der Waals surface area contributed by atoms with Crippen LogP contribution in [0.25, 0.3) is 11.1 Å². The van der Waals surface area contributed by atoms with Crippen molar-refractivity contribution in [2.45, 2.75) is 18.5 Å². The lowest BCUT2D eigenvalue weighted by molar-refractivity contribution is -0.206. The minimum Gasteiger partial charge on any atom is -0.379 e. The van der Waals surface area contributed by atoms with Crippen LogP contribution in [0.3, 0.4) is 0 Å². The van der Waals surface area contributed by atoms with Crippen LogP contribution in [0.1, 0.15) is 27.6 Å². The first-order valence-electron chi connectivity index (χ1n) is 6.56. The number of alkyl halides is 6. The Morgan fingerprint density at radius 3 is 2.08 bits per heavy atom. The van der Waals surface area contributed by atoms with Gasteiger partial charge in [-0.25, -0.2) is 0 Å². The topological polar surface area (TPSA) is 37.3 Å². The van der Waals surface area contributed by atoms with E-state index in [2.05, 4.69) is 0 Å². The summed E-state index contributed by atoms with van der Waals surface area (Å²) in [5.74, 6) is 0. The normalized spacial score (nSPS) is 13.6. The highest BCUT2D eigenvalue weighted by molar-refractivity contribution is 5.80. The van der Waals surface area contributed by atoms with E-state index in [1.807, 2.05) is 0 Å². The predicted molar refractivity (Wildman–Crippen MR) is 73.3 cm³/mol. The quantitative estimate of drug-likeness (QED) is 0.640. The number of carbonyl (C=O) groups is 1. The van der Waals surface area contributed by atoms with E-state index in [4.69, 9.17) is 0 Å². The smallest absolute Gasteiger partial charge is 0.379 e. The van der Waals surface area contributed by atoms with Gasteiger partial charge in [-0.3, -0.25) is 4.79 Å². The zero-order valence-corrected chi connectivity index (χ0v) is 11.8. The Morgan fingerprint density at radius 1 is 0.917 bits per heavy atom. The van der Waals surface area contributed by atoms with Crippen molar-refractivity contribution in [3.05, 3.63) is 59.2 Å². The highest BCUT2D eigenvalue weighted by Crippen LogP contribution is 2.42. The molecule has 2 aromatic carbocycles. The van der Waals surface area contributed by atoms with Gasteiger partial charge in [0.05, 0.1) is 5.56 Å². The van der Waals surface area contributed by atoms with E-state index in [1.54, 1.807) is 0 Å². The predicted octanol–water partition coefficient (Wildman–Crippen LogP) is 4.78. The molecule has 0 aliphatic carbocycles. The van der Waals surface area contributed by atoms with E-state index in [9.17, 15) is 36.2 Å². The summed E-state index contributed by atoms with van der Waals surface area (Å²) in [5, 5.41) is 9.49. The van der Waals surface area contributed by atoms with E-state index in [0.717, 1.165) is 36.4 Å². The molecule has 0 saturated carbocycles. The summed E-state index contributed by atoms with van der Waals surface area (Å²) in [6.07, 6.45) is -12.7. The van der Waals surface area contributed by atoms with Crippen molar-refractivity contribution in [1.82, 2.24) is 0 Å². The number of halogens is 6. The van der Waals surface area contributed by atoms with Gasteiger partial charge < -0.3 is 5.11 Å². The molecule has 1 atom stereocenters. The van der Waals surface area contributed by atoms with E-state index < -0.39 is 40.7 Å². The standard InChI is InChI=1S/C16H10F6O2/c17-15(18,19)13-4-2-1-3-11(13)10-6-5-9(8-23)7-12(10)14(24)16(20,21)22/h1-8,14,24H.